The van der Waals surface area contributed by atoms with Crippen molar-refractivity contribution >= 4 is 17.7 Å². The molecule has 1 unspecified atom stereocenters. The smallest absolute Gasteiger partial charge is 0.327 e. The average Bonchev–Trinajstić information content (AvgIpc) is 2.88. The molecule has 0 fully saturated rings. The van der Waals surface area contributed by atoms with Gasteiger partial charge in [0.2, 0.25) is 5.16 Å². The van der Waals surface area contributed by atoms with Gasteiger partial charge in [0.05, 0.1) is 33.0 Å². The third-order valence-corrected chi connectivity index (χ3v) is 3.25. The highest BCUT2D eigenvalue weighted by atomic mass is 32.2. The molecule has 1 aromatic heterocycles. The highest BCUT2D eigenvalue weighted by Gasteiger charge is 2.13. The van der Waals surface area contributed by atoms with Gasteiger partial charge in [-0.25, -0.2) is 4.68 Å². The molecule has 0 spiro atoms. The molecule has 0 saturated heterocycles. The van der Waals surface area contributed by atoms with E-state index in [1.165, 1.54) is 23.6 Å². The molecule has 1 aromatic rings. The quantitative estimate of drug-likeness (QED) is 0.329. The lowest BCUT2D eigenvalue weighted by atomic mass is 10.4. The van der Waals surface area contributed by atoms with Gasteiger partial charge in [-0.2, -0.15) is 0 Å². The van der Waals surface area contributed by atoms with E-state index in [0.717, 1.165) is 0 Å². The van der Waals surface area contributed by atoms with E-state index < -0.39 is 12.1 Å². The molecule has 9 nitrogen and oxygen atoms in total. The van der Waals surface area contributed by atoms with Gasteiger partial charge in [0.1, 0.15) is 6.54 Å². The monoisotopic (exact) mass is 306 g/mol. The topological polar surface area (TPSA) is 109 Å². The predicted molar refractivity (Wildman–Crippen MR) is 69.3 cm³/mol. The standard InChI is InChI=1S/C10H18N4O5S/c1-17-3-4-19-6-8(15)7-20-10-11-12-13-14(10)5-9(16)18-2/h8,15H,3-7H2,1-2H3. The Bertz CT molecular complexity index is 403. The van der Waals surface area contributed by atoms with Crippen LogP contribution in [0.4, 0.5) is 0 Å². The van der Waals surface area contributed by atoms with Crippen LogP contribution in [0.3, 0.4) is 0 Å². The van der Waals surface area contributed by atoms with Gasteiger partial charge in [-0.1, -0.05) is 11.8 Å². The fourth-order valence-electron chi connectivity index (χ4n) is 1.17. The van der Waals surface area contributed by atoms with Crippen molar-refractivity contribution in [2.45, 2.75) is 17.8 Å². The van der Waals surface area contributed by atoms with Crippen LogP contribution >= 0.6 is 11.8 Å². The van der Waals surface area contributed by atoms with Crippen molar-refractivity contribution < 1.29 is 24.1 Å². The second-order valence-corrected chi connectivity index (χ2v) is 4.71. The summed E-state index contributed by atoms with van der Waals surface area (Å²) in [6, 6.07) is 0. The first kappa shape index (κ1) is 16.8. The summed E-state index contributed by atoms with van der Waals surface area (Å²) < 4.78 is 15.9. The third-order valence-electron chi connectivity index (χ3n) is 2.15. The highest BCUT2D eigenvalue weighted by molar-refractivity contribution is 7.99. The molecule has 20 heavy (non-hydrogen) atoms. The van der Waals surface area contributed by atoms with Gasteiger partial charge in [0, 0.05) is 12.9 Å². The summed E-state index contributed by atoms with van der Waals surface area (Å²) in [7, 11) is 2.87. The maximum atomic E-state index is 11.1. The van der Waals surface area contributed by atoms with E-state index in [9.17, 15) is 9.90 Å². The summed E-state index contributed by atoms with van der Waals surface area (Å²) in [4.78, 5) is 11.1. The molecule has 0 aliphatic heterocycles. The largest absolute Gasteiger partial charge is 0.468 e. The van der Waals surface area contributed by atoms with Gasteiger partial charge in [-0.15, -0.1) is 5.10 Å². The van der Waals surface area contributed by atoms with Crippen molar-refractivity contribution in [3.63, 3.8) is 0 Å². The Balaban J connectivity index is 2.30. The van der Waals surface area contributed by atoms with Crippen LogP contribution in [-0.4, -0.2) is 77.2 Å². The molecule has 1 atom stereocenters. The number of ether oxygens (including phenoxy) is 3. The number of carbonyl (C=O) groups excluding carboxylic acids is 1. The lowest BCUT2D eigenvalue weighted by molar-refractivity contribution is -0.141. The summed E-state index contributed by atoms with van der Waals surface area (Å²) >= 11 is 1.24. The van der Waals surface area contributed by atoms with E-state index in [1.54, 1.807) is 7.11 Å². The molecule has 114 valence electrons. The van der Waals surface area contributed by atoms with Crippen molar-refractivity contribution in [1.29, 1.82) is 0 Å². The van der Waals surface area contributed by atoms with Crippen molar-refractivity contribution in [3.8, 4) is 0 Å². The number of tetrazole rings is 1. The molecule has 1 N–H and O–H groups in total. The zero-order valence-corrected chi connectivity index (χ0v) is 12.2. The summed E-state index contributed by atoms with van der Waals surface area (Å²) in [5, 5.41) is 21.1. The zero-order valence-electron chi connectivity index (χ0n) is 11.4. The summed E-state index contributed by atoms with van der Waals surface area (Å²) in [5.74, 6) is -0.0864. The second kappa shape index (κ2) is 9.64. The highest BCUT2D eigenvalue weighted by Crippen LogP contribution is 2.14. The number of aliphatic hydroxyl groups excluding tert-OH is 1. The minimum absolute atomic E-state index is 0.0632. The van der Waals surface area contributed by atoms with Crippen LogP contribution < -0.4 is 0 Å². The lowest BCUT2D eigenvalue weighted by Crippen LogP contribution is -2.20. The Morgan fingerprint density at radius 1 is 1.45 bits per heavy atom. The third kappa shape index (κ3) is 6.28. The number of aromatic nitrogens is 4. The number of esters is 1. The van der Waals surface area contributed by atoms with Crippen LogP contribution in [0.2, 0.25) is 0 Å². The van der Waals surface area contributed by atoms with Gasteiger partial charge in [0.25, 0.3) is 0 Å². The molecule has 0 bridgehead atoms. The van der Waals surface area contributed by atoms with E-state index in [2.05, 4.69) is 20.3 Å². The number of nitrogens with zero attached hydrogens (tertiary/aromatic N) is 4. The average molecular weight is 306 g/mol. The van der Waals surface area contributed by atoms with E-state index in [1.807, 2.05) is 0 Å². The molecule has 0 saturated carbocycles. The van der Waals surface area contributed by atoms with Gasteiger partial charge in [0.15, 0.2) is 0 Å². The van der Waals surface area contributed by atoms with Crippen LogP contribution in [0.15, 0.2) is 5.16 Å². The Kier molecular flexibility index (Phi) is 8.11. The lowest BCUT2D eigenvalue weighted by Gasteiger charge is -2.10. The minimum atomic E-state index is -0.653. The van der Waals surface area contributed by atoms with Gasteiger partial charge >= 0.3 is 5.97 Å². The maximum absolute atomic E-state index is 11.1. The molecule has 10 heteroatoms. The fourth-order valence-corrected chi connectivity index (χ4v) is 1.95. The van der Waals surface area contributed by atoms with Gasteiger partial charge < -0.3 is 19.3 Å². The molecular formula is C10H18N4O5S. The molecule has 1 rings (SSSR count). The Labute approximate surface area is 120 Å². The van der Waals surface area contributed by atoms with Crippen molar-refractivity contribution in [1.82, 2.24) is 20.2 Å². The second-order valence-electron chi connectivity index (χ2n) is 3.73. The van der Waals surface area contributed by atoms with E-state index in [4.69, 9.17) is 9.47 Å². The normalized spacial score (nSPS) is 12.3. The molecule has 0 radical (unpaired) electrons. The van der Waals surface area contributed by atoms with Crippen molar-refractivity contribution in [2.24, 2.45) is 0 Å². The first-order valence-corrected chi connectivity index (χ1v) is 6.86. The molecular weight excluding hydrogens is 288 g/mol. The Morgan fingerprint density at radius 2 is 2.25 bits per heavy atom. The molecule has 0 aromatic carbocycles. The number of rotatable bonds is 10. The van der Waals surface area contributed by atoms with E-state index in [-0.39, 0.29) is 13.2 Å². The van der Waals surface area contributed by atoms with Crippen molar-refractivity contribution in [2.75, 3.05) is 39.8 Å². The number of aliphatic hydroxyl groups is 1. The minimum Gasteiger partial charge on any atom is -0.468 e. The fraction of sp³-hybridized carbons (Fsp3) is 0.800. The first-order valence-electron chi connectivity index (χ1n) is 5.88. The Morgan fingerprint density at radius 3 is 2.95 bits per heavy atom. The molecule has 1 heterocycles. The molecule has 0 aliphatic rings. The maximum Gasteiger partial charge on any atom is 0.327 e. The predicted octanol–water partition coefficient (Wildman–Crippen LogP) is -1.04. The SMILES string of the molecule is COCCOCC(O)CSc1nnnn1CC(=O)OC. The van der Waals surface area contributed by atoms with E-state index in [0.29, 0.717) is 24.1 Å². The summed E-state index contributed by atoms with van der Waals surface area (Å²) in [6.07, 6.45) is -0.653. The van der Waals surface area contributed by atoms with Crippen molar-refractivity contribution in [3.05, 3.63) is 0 Å². The number of hydrogen-bond acceptors (Lipinski definition) is 9. The van der Waals surface area contributed by atoms with Gasteiger partial charge in [-0.3, -0.25) is 4.79 Å². The first-order chi connectivity index (χ1) is 9.67. The number of carbonyl (C=O) groups is 1. The summed E-state index contributed by atoms with van der Waals surface area (Å²) in [6.45, 7) is 1.05. The number of hydrogen-bond donors (Lipinski definition) is 1. The van der Waals surface area contributed by atoms with E-state index >= 15 is 0 Å². The number of methoxy groups -OCH3 is 2. The van der Waals surface area contributed by atoms with Crippen LogP contribution in [-0.2, 0) is 25.5 Å². The molecule has 0 aliphatic carbocycles. The van der Waals surface area contributed by atoms with Crippen LogP contribution in [0.25, 0.3) is 0 Å². The van der Waals surface area contributed by atoms with Crippen LogP contribution in [0.5, 0.6) is 0 Å². The zero-order chi connectivity index (χ0) is 14.8. The van der Waals surface area contributed by atoms with Crippen LogP contribution in [0, 0.1) is 0 Å². The summed E-state index contributed by atoms with van der Waals surface area (Å²) in [5.41, 5.74) is 0. The van der Waals surface area contributed by atoms with Crippen LogP contribution in [0.1, 0.15) is 0 Å². The molecule has 0 amide bonds. The Hall–Kier alpha value is -1.23. The number of thioether (sulfide) groups is 1. The van der Waals surface area contributed by atoms with Gasteiger partial charge in [-0.05, 0) is 10.4 Å².